The molecule has 1 N–H and O–H groups in total. The molecule has 7 nitrogen and oxygen atoms in total. The SMILES string of the molecule is O=C(O)OC1CCCc2nn(Cc3cccc(C(F)(F)F)c3)c(=O)n21. The van der Waals surface area contributed by atoms with Gasteiger partial charge in [-0.3, -0.25) is 0 Å². The normalized spacial score (nSPS) is 17.2. The van der Waals surface area contributed by atoms with Crippen LogP contribution >= 0.6 is 0 Å². The molecule has 1 atom stereocenters. The molecule has 10 heteroatoms. The lowest BCUT2D eigenvalue weighted by atomic mass is 10.1. The number of hydrogen-bond acceptors (Lipinski definition) is 4. The van der Waals surface area contributed by atoms with Crippen LogP contribution in [0.4, 0.5) is 18.0 Å². The number of aromatic nitrogens is 3. The molecule has 0 bridgehead atoms. The first-order valence-electron chi connectivity index (χ1n) is 7.49. The number of carboxylic acid groups (broad SMARTS) is 1. The maximum absolute atomic E-state index is 12.8. The van der Waals surface area contributed by atoms with Gasteiger partial charge in [0, 0.05) is 12.8 Å². The Morgan fingerprint density at radius 2 is 2.16 bits per heavy atom. The van der Waals surface area contributed by atoms with Crippen LogP contribution in [0, 0.1) is 0 Å². The summed E-state index contributed by atoms with van der Waals surface area (Å²) in [6, 6.07) is 4.62. The number of hydrogen-bond donors (Lipinski definition) is 1. The topological polar surface area (TPSA) is 86.3 Å². The van der Waals surface area contributed by atoms with E-state index in [4.69, 9.17) is 9.84 Å². The Morgan fingerprint density at radius 1 is 1.40 bits per heavy atom. The molecule has 0 aliphatic carbocycles. The monoisotopic (exact) mass is 357 g/mol. The maximum Gasteiger partial charge on any atom is 0.507 e. The molecule has 3 rings (SSSR count). The Bertz CT molecular complexity index is 856. The van der Waals surface area contributed by atoms with Crippen LogP contribution in [0.3, 0.4) is 0 Å². The van der Waals surface area contributed by atoms with Crippen LogP contribution in [0.5, 0.6) is 0 Å². The smallest absolute Gasteiger partial charge is 0.450 e. The zero-order chi connectivity index (χ0) is 18.2. The van der Waals surface area contributed by atoms with E-state index in [-0.39, 0.29) is 12.1 Å². The summed E-state index contributed by atoms with van der Waals surface area (Å²) in [7, 11) is 0. The van der Waals surface area contributed by atoms with Gasteiger partial charge >= 0.3 is 18.0 Å². The van der Waals surface area contributed by atoms with Crippen molar-refractivity contribution >= 4 is 6.16 Å². The summed E-state index contributed by atoms with van der Waals surface area (Å²) in [5.41, 5.74) is -1.16. The molecular formula is C15H14F3N3O4. The zero-order valence-electron chi connectivity index (χ0n) is 12.9. The molecule has 2 heterocycles. The molecule has 0 saturated heterocycles. The third-order valence-corrected chi connectivity index (χ3v) is 3.90. The van der Waals surface area contributed by atoms with Crippen LogP contribution in [-0.2, 0) is 23.9 Å². The summed E-state index contributed by atoms with van der Waals surface area (Å²) in [5.74, 6) is 0.356. The molecule has 0 saturated carbocycles. The number of ether oxygens (including phenoxy) is 1. The van der Waals surface area contributed by atoms with Gasteiger partial charge < -0.3 is 9.84 Å². The summed E-state index contributed by atoms with van der Waals surface area (Å²) < 4.78 is 45.2. The average Bonchev–Trinajstić information content (AvgIpc) is 2.83. The van der Waals surface area contributed by atoms with Crippen LogP contribution in [0.1, 0.15) is 36.0 Å². The van der Waals surface area contributed by atoms with E-state index in [1.807, 2.05) is 0 Å². The van der Waals surface area contributed by atoms with Gasteiger partial charge in [0.1, 0.15) is 5.82 Å². The molecule has 1 aliphatic heterocycles. The van der Waals surface area contributed by atoms with Gasteiger partial charge in [0.2, 0.25) is 0 Å². The van der Waals surface area contributed by atoms with Crippen LogP contribution in [0.15, 0.2) is 29.1 Å². The van der Waals surface area contributed by atoms with Crippen molar-refractivity contribution in [1.82, 2.24) is 14.3 Å². The van der Waals surface area contributed by atoms with Gasteiger partial charge in [-0.15, -0.1) is 0 Å². The number of alkyl halides is 3. The predicted octanol–water partition coefficient (Wildman–Crippen LogP) is 2.64. The first kappa shape index (κ1) is 17.1. The third-order valence-electron chi connectivity index (χ3n) is 3.90. The molecule has 2 aromatic rings. The van der Waals surface area contributed by atoms with Crippen molar-refractivity contribution in [1.29, 1.82) is 0 Å². The minimum Gasteiger partial charge on any atom is -0.450 e. The lowest BCUT2D eigenvalue weighted by molar-refractivity contribution is -0.137. The van der Waals surface area contributed by atoms with Gasteiger partial charge in [0.25, 0.3) is 0 Å². The Balaban J connectivity index is 1.92. The van der Waals surface area contributed by atoms with Crippen molar-refractivity contribution in [2.75, 3.05) is 0 Å². The van der Waals surface area contributed by atoms with E-state index >= 15 is 0 Å². The molecule has 1 aromatic carbocycles. The van der Waals surface area contributed by atoms with Gasteiger partial charge in [-0.2, -0.15) is 18.3 Å². The Hall–Kier alpha value is -2.78. The van der Waals surface area contributed by atoms with E-state index in [0.29, 0.717) is 25.1 Å². The van der Waals surface area contributed by atoms with E-state index in [2.05, 4.69) is 5.10 Å². The van der Waals surface area contributed by atoms with E-state index in [9.17, 15) is 22.8 Å². The average molecular weight is 357 g/mol. The highest BCUT2D eigenvalue weighted by molar-refractivity contribution is 5.56. The first-order valence-corrected chi connectivity index (χ1v) is 7.49. The number of fused-ring (bicyclic) bond motifs is 1. The molecular weight excluding hydrogens is 343 g/mol. The van der Waals surface area contributed by atoms with Crippen molar-refractivity contribution in [3.63, 3.8) is 0 Å². The fourth-order valence-corrected chi connectivity index (χ4v) is 2.84. The maximum atomic E-state index is 12.8. The molecule has 0 fully saturated rings. The molecule has 0 radical (unpaired) electrons. The second-order valence-corrected chi connectivity index (χ2v) is 5.66. The molecule has 0 spiro atoms. The molecule has 1 unspecified atom stereocenters. The van der Waals surface area contributed by atoms with Gasteiger partial charge in [-0.1, -0.05) is 12.1 Å². The molecule has 1 aliphatic rings. The van der Waals surface area contributed by atoms with Crippen molar-refractivity contribution in [2.45, 2.75) is 38.2 Å². The number of halogens is 3. The number of rotatable bonds is 3. The number of carbonyl (C=O) groups is 1. The van der Waals surface area contributed by atoms with E-state index in [0.717, 1.165) is 21.4 Å². The third kappa shape index (κ3) is 3.52. The largest absolute Gasteiger partial charge is 0.507 e. The highest BCUT2D eigenvalue weighted by atomic mass is 19.4. The summed E-state index contributed by atoms with van der Waals surface area (Å²) in [5, 5.41) is 12.9. The van der Waals surface area contributed by atoms with Crippen LogP contribution in [-0.4, -0.2) is 25.6 Å². The summed E-state index contributed by atoms with van der Waals surface area (Å²) in [6.07, 6.45) is -5.55. The summed E-state index contributed by atoms with van der Waals surface area (Å²) >= 11 is 0. The zero-order valence-corrected chi connectivity index (χ0v) is 12.9. The molecule has 1 aromatic heterocycles. The molecule has 134 valence electrons. The lowest BCUT2D eigenvalue weighted by Gasteiger charge is -2.21. The van der Waals surface area contributed by atoms with Gasteiger partial charge in [-0.05, 0) is 24.1 Å². The Kier molecular flexibility index (Phi) is 4.27. The first-order chi connectivity index (χ1) is 11.8. The predicted molar refractivity (Wildman–Crippen MR) is 78.1 cm³/mol. The lowest BCUT2D eigenvalue weighted by Crippen LogP contribution is -2.33. The fourth-order valence-electron chi connectivity index (χ4n) is 2.84. The molecule has 25 heavy (non-hydrogen) atoms. The van der Waals surface area contributed by atoms with E-state index < -0.39 is 29.8 Å². The van der Waals surface area contributed by atoms with Gasteiger partial charge in [0.15, 0.2) is 6.23 Å². The minimum atomic E-state index is -4.48. The number of aryl methyl sites for hydroxylation is 1. The Labute approximate surface area is 139 Å². The Morgan fingerprint density at radius 3 is 2.84 bits per heavy atom. The highest BCUT2D eigenvalue weighted by Crippen LogP contribution is 2.29. The van der Waals surface area contributed by atoms with Crippen LogP contribution in [0.25, 0.3) is 0 Å². The second-order valence-electron chi connectivity index (χ2n) is 5.66. The number of nitrogens with zero attached hydrogens (tertiary/aromatic N) is 3. The standard InChI is InChI=1S/C15H14F3N3O4/c16-15(17,18)10-4-1-3-9(7-10)8-20-13(22)21-11(19-20)5-2-6-12(21)25-14(23)24/h1,3-4,7,12H,2,5-6,8H2,(H,23,24). The van der Waals surface area contributed by atoms with Crippen molar-refractivity contribution < 1.29 is 27.8 Å². The summed E-state index contributed by atoms with van der Waals surface area (Å²) in [6.45, 7) is -0.150. The van der Waals surface area contributed by atoms with E-state index in [1.54, 1.807) is 0 Å². The quantitative estimate of drug-likeness (QED) is 0.854. The van der Waals surface area contributed by atoms with Gasteiger partial charge in [0.05, 0.1) is 12.1 Å². The van der Waals surface area contributed by atoms with Crippen molar-refractivity contribution in [3.8, 4) is 0 Å². The van der Waals surface area contributed by atoms with Crippen LogP contribution < -0.4 is 5.69 Å². The van der Waals surface area contributed by atoms with E-state index in [1.165, 1.54) is 12.1 Å². The van der Waals surface area contributed by atoms with Crippen molar-refractivity contribution in [3.05, 3.63) is 51.7 Å². The number of benzene rings is 1. The molecule has 0 amide bonds. The van der Waals surface area contributed by atoms with Crippen molar-refractivity contribution in [2.24, 2.45) is 0 Å². The highest BCUT2D eigenvalue weighted by Gasteiger charge is 2.31. The second kappa shape index (κ2) is 6.26. The minimum absolute atomic E-state index is 0.150. The van der Waals surface area contributed by atoms with Gasteiger partial charge in [-0.25, -0.2) is 18.8 Å². The summed E-state index contributed by atoms with van der Waals surface area (Å²) in [4.78, 5) is 23.2. The van der Waals surface area contributed by atoms with Crippen LogP contribution in [0.2, 0.25) is 0 Å². The fraction of sp³-hybridized carbons (Fsp3) is 0.400.